The maximum absolute atomic E-state index is 2.48. The Balaban J connectivity index is 1.28. The molecule has 0 bridgehead atoms. The maximum atomic E-state index is 2.48. The summed E-state index contributed by atoms with van der Waals surface area (Å²) < 4.78 is 0. The molecular weight excluding hydrogens is 685 g/mol. The van der Waals surface area contributed by atoms with Crippen LogP contribution in [-0.2, 0) is 5.41 Å². The highest BCUT2D eigenvalue weighted by molar-refractivity contribution is 6.24. The van der Waals surface area contributed by atoms with Gasteiger partial charge >= 0.3 is 0 Å². The van der Waals surface area contributed by atoms with Gasteiger partial charge in [-0.15, -0.1) is 0 Å². The van der Waals surface area contributed by atoms with E-state index in [-0.39, 0.29) is 5.41 Å². The number of rotatable bonds is 5. The molecule has 0 aromatic heterocycles. The zero-order valence-electron chi connectivity index (χ0n) is 32.1. The molecule has 0 saturated heterocycles. The highest BCUT2D eigenvalue weighted by Gasteiger charge is 2.37. The normalized spacial score (nSPS) is 12.9. The molecule has 268 valence electrons. The minimum atomic E-state index is -0.104. The molecule has 0 heterocycles. The van der Waals surface area contributed by atoms with Crippen LogP contribution in [0.25, 0.3) is 99.1 Å². The Labute approximate surface area is 334 Å². The van der Waals surface area contributed by atoms with E-state index >= 15 is 0 Å². The van der Waals surface area contributed by atoms with E-state index in [0.29, 0.717) is 0 Å². The Hall–Kier alpha value is -7.02. The molecule has 10 aromatic rings. The van der Waals surface area contributed by atoms with Crippen LogP contribution < -0.4 is 0 Å². The van der Waals surface area contributed by atoms with Gasteiger partial charge in [-0.05, 0) is 134 Å². The van der Waals surface area contributed by atoms with Crippen molar-refractivity contribution >= 4 is 32.3 Å². The van der Waals surface area contributed by atoms with Crippen molar-refractivity contribution in [3.63, 3.8) is 0 Å². The van der Waals surface area contributed by atoms with Crippen molar-refractivity contribution in [2.45, 2.75) is 19.3 Å². The molecule has 0 nitrogen and oxygen atoms in total. The van der Waals surface area contributed by atoms with E-state index in [9.17, 15) is 0 Å². The molecule has 0 spiro atoms. The quantitative estimate of drug-likeness (QED) is 0.155. The zero-order chi connectivity index (χ0) is 38.1. The van der Waals surface area contributed by atoms with Crippen molar-refractivity contribution in [3.8, 4) is 66.8 Å². The zero-order valence-corrected chi connectivity index (χ0v) is 32.1. The SMILES string of the molecule is CC1(C)c2ccccc2-c2c(-c3c4ccccc4c(-c4cc(-c5ccccc5)cc(-c5ccccc5)c4)c4ccc(-c5cccc6ccccc56)cc34)cccc21. The van der Waals surface area contributed by atoms with Crippen LogP contribution in [-0.4, -0.2) is 0 Å². The summed E-state index contributed by atoms with van der Waals surface area (Å²) in [4.78, 5) is 0. The van der Waals surface area contributed by atoms with Crippen molar-refractivity contribution in [1.82, 2.24) is 0 Å². The van der Waals surface area contributed by atoms with Crippen molar-refractivity contribution in [1.29, 1.82) is 0 Å². The summed E-state index contributed by atoms with van der Waals surface area (Å²) in [5.74, 6) is 0. The van der Waals surface area contributed by atoms with Crippen molar-refractivity contribution in [2.75, 3.05) is 0 Å². The third kappa shape index (κ3) is 5.29. The Kier molecular flexibility index (Phi) is 7.63. The maximum Gasteiger partial charge on any atom is 0.0159 e. The van der Waals surface area contributed by atoms with Gasteiger partial charge in [-0.25, -0.2) is 0 Å². The fourth-order valence-electron chi connectivity index (χ4n) is 9.75. The first-order chi connectivity index (χ1) is 28.0. The first kappa shape index (κ1) is 33.3. The van der Waals surface area contributed by atoms with Crippen LogP contribution in [0.5, 0.6) is 0 Å². The summed E-state index contributed by atoms with van der Waals surface area (Å²) in [6.45, 7) is 4.76. The standard InChI is InChI=1S/C57H40/c1-57(2)52-29-14-13-26-49(52)56-50(28-16-30-53(56)57)55-47-25-12-11-24-46(47)54(48-32-31-40(36-51(48)55)45-27-15-22-39-21-9-10-23-44(39)45)43-34-41(37-17-5-3-6-18-37)33-42(35-43)38-19-7-4-8-20-38/h3-36H,1-2H3. The molecule has 0 heteroatoms. The smallest absolute Gasteiger partial charge is 0.0159 e. The lowest BCUT2D eigenvalue weighted by atomic mass is 9.80. The molecule has 0 saturated carbocycles. The number of benzene rings is 10. The van der Waals surface area contributed by atoms with Gasteiger partial charge in [0.2, 0.25) is 0 Å². The summed E-state index contributed by atoms with van der Waals surface area (Å²) in [6.07, 6.45) is 0. The fourth-order valence-corrected chi connectivity index (χ4v) is 9.75. The molecule has 0 atom stereocenters. The van der Waals surface area contributed by atoms with Gasteiger partial charge in [0.1, 0.15) is 0 Å². The van der Waals surface area contributed by atoms with Gasteiger partial charge in [0.05, 0.1) is 0 Å². The van der Waals surface area contributed by atoms with Crippen molar-refractivity contribution in [3.05, 3.63) is 217 Å². The molecule has 0 unspecified atom stereocenters. The average molecular weight is 725 g/mol. The van der Waals surface area contributed by atoms with Crippen LogP contribution in [0, 0.1) is 0 Å². The van der Waals surface area contributed by atoms with E-state index in [4.69, 9.17) is 0 Å². The molecule has 0 radical (unpaired) electrons. The van der Waals surface area contributed by atoms with E-state index in [1.807, 2.05) is 0 Å². The lowest BCUT2D eigenvalue weighted by Gasteiger charge is -2.23. The van der Waals surface area contributed by atoms with E-state index < -0.39 is 0 Å². The summed E-state index contributed by atoms with van der Waals surface area (Å²) in [5, 5.41) is 7.54. The summed E-state index contributed by atoms with van der Waals surface area (Å²) in [6, 6.07) is 76.6. The summed E-state index contributed by atoms with van der Waals surface area (Å²) in [7, 11) is 0. The van der Waals surface area contributed by atoms with Gasteiger partial charge in [-0.2, -0.15) is 0 Å². The molecular formula is C57H40. The first-order valence-corrected chi connectivity index (χ1v) is 20.0. The van der Waals surface area contributed by atoms with Crippen LogP contribution in [0.15, 0.2) is 206 Å². The predicted octanol–water partition coefficient (Wildman–Crippen LogP) is 15.8. The third-order valence-electron chi connectivity index (χ3n) is 12.4. The van der Waals surface area contributed by atoms with E-state index in [1.165, 1.54) is 110 Å². The highest BCUT2D eigenvalue weighted by Crippen LogP contribution is 2.55. The van der Waals surface area contributed by atoms with Gasteiger partial charge in [-0.3, -0.25) is 0 Å². The van der Waals surface area contributed by atoms with Crippen LogP contribution in [0.2, 0.25) is 0 Å². The van der Waals surface area contributed by atoms with Gasteiger partial charge < -0.3 is 0 Å². The third-order valence-corrected chi connectivity index (χ3v) is 12.4. The summed E-state index contributed by atoms with van der Waals surface area (Å²) in [5.41, 5.74) is 17.7. The Morgan fingerprint density at radius 1 is 0.263 bits per heavy atom. The second kappa shape index (κ2) is 13.0. The lowest BCUT2D eigenvalue weighted by molar-refractivity contribution is 0.660. The van der Waals surface area contributed by atoms with E-state index in [0.717, 1.165) is 0 Å². The molecule has 0 N–H and O–H groups in total. The largest absolute Gasteiger partial charge is 0.0622 e. The van der Waals surface area contributed by atoms with Gasteiger partial charge in [0, 0.05) is 5.41 Å². The van der Waals surface area contributed by atoms with Gasteiger partial charge in [0.25, 0.3) is 0 Å². The van der Waals surface area contributed by atoms with Gasteiger partial charge in [0.15, 0.2) is 0 Å². The minimum absolute atomic E-state index is 0.104. The summed E-state index contributed by atoms with van der Waals surface area (Å²) >= 11 is 0. The number of hydrogen-bond acceptors (Lipinski definition) is 0. The average Bonchev–Trinajstić information content (AvgIpc) is 3.51. The van der Waals surface area contributed by atoms with Crippen molar-refractivity contribution < 1.29 is 0 Å². The minimum Gasteiger partial charge on any atom is -0.0622 e. The second-order valence-electron chi connectivity index (χ2n) is 16.0. The molecule has 0 fully saturated rings. The molecule has 11 rings (SSSR count). The van der Waals surface area contributed by atoms with Crippen LogP contribution >= 0.6 is 0 Å². The van der Waals surface area contributed by atoms with E-state index in [2.05, 4.69) is 220 Å². The van der Waals surface area contributed by atoms with E-state index in [1.54, 1.807) is 0 Å². The Morgan fingerprint density at radius 3 is 1.51 bits per heavy atom. The highest BCUT2D eigenvalue weighted by atomic mass is 14.4. The number of fused-ring (bicyclic) bond motifs is 6. The Bertz CT molecular complexity index is 3120. The van der Waals surface area contributed by atoms with Crippen LogP contribution in [0.1, 0.15) is 25.0 Å². The topological polar surface area (TPSA) is 0 Å². The monoisotopic (exact) mass is 724 g/mol. The predicted molar refractivity (Wildman–Crippen MR) is 244 cm³/mol. The molecule has 57 heavy (non-hydrogen) atoms. The number of hydrogen-bond donors (Lipinski definition) is 0. The molecule has 0 aliphatic heterocycles. The lowest BCUT2D eigenvalue weighted by Crippen LogP contribution is -2.14. The molecule has 1 aliphatic carbocycles. The molecule has 1 aliphatic rings. The van der Waals surface area contributed by atoms with Crippen LogP contribution in [0.3, 0.4) is 0 Å². The first-order valence-electron chi connectivity index (χ1n) is 20.0. The second-order valence-corrected chi connectivity index (χ2v) is 16.0. The van der Waals surface area contributed by atoms with Crippen molar-refractivity contribution in [2.24, 2.45) is 0 Å². The molecule has 10 aromatic carbocycles. The fraction of sp³-hybridized carbons (Fsp3) is 0.0526. The van der Waals surface area contributed by atoms with Crippen LogP contribution in [0.4, 0.5) is 0 Å². The molecule has 0 amide bonds. The Morgan fingerprint density at radius 2 is 0.772 bits per heavy atom. The van der Waals surface area contributed by atoms with Gasteiger partial charge in [-0.1, -0.05) is 196 Å².